The lowest BCUT2D eigenvalue weighted by Gasteiger charge is -2.29. The van der Waals surface area contributed by atoms with E-state index in [4.69, 9.17) is 4.52 Å². The van der Waals surface area contributed by atoms with Gasteiger partial charge in [-0.3, -0.25) is 0 Å². The third-order valence-electron chi connectivity index (χ3n) is 3.26. The first-order chi connectivity index (χ1) is 8.91. The van der Waals surface area contributed by atoms with E-state index < -0.39 is 0 Å². The van der Waals surface area contributed by atoms with Gasteiger partial charge in [-0.2, -0.15) is 4.98 Å². The third kappa shape index (κ3) is 3.01. The molecule has 1 N–H and O–H groups in total. The summed E-state index contributed by atoms with van der Waals surface area (Å²) in [6, 6.07) is 0.280. The summed E-state index contributed by atoms with van der Waals surface area (Å²) in [6.07, 6.45) is 4.28. The van der Waals surface area contributed by atoms with Crippen LogP contribution in [0.5, 0.6) is 0 Å². The molecule has 0 spiro atoms. The summed E-state index contributed by atoms with van der Waals surface area (Å²) in [5.41, 5.74) is 0.132. The van der Waals surface area contributed by atoms with Crippen LogP contribution in [0.1, 0.15) is 26.7 Å². The molecule has 0 aromatic carbocycles. The van der Waals surface area contributed by atoms with Crippen molar-refractivity contribution in [2.45, 2.75) is 33.2 Å². The maximum Gasteiger partial charge on any atom is 0.238 e. The predicted octanol–water partition coefficient (Wildman–Crippen LogP) is 1.65. The van der Waals surface area contributed by atoms with Gasteiger partial charge in [-0.15, -0.1) is 0 Å². The van der Waals surface area contributed by atoms with Crippen LogP contribution >= 0.6 is 0 Å². The Bertz CT molecular complexity index is 537. The number of nitrogens with one attached hydrogen (secondary N) is 1. The van der Waals surface area contributed by atoms with Crippen molar-refractivity contribution in [3.05, 3.63) is 18.3 Å². The fourth-order valence-electron chi connectivity index (χ4n) is 2.03. The van der Waals surface area contributed by atoms with Crippen molar-refractivity contribution in [2.24, 2.45) is 12.5 Å². The Morgan fingerprint density at radius 2 is 2.16 bits per heavy atom. The summed E-state index contributed by atoms with van der Waals surface area (Å²) < 4.78 is 7.19. The Morgan fingerprint density at radius 3 is 2.68 bits per heavy atom. The van der Waals surface area contributed by atoms with E-state index in [1.54, 1.807) is 6.20 Å². The standard InChI is InChI=1S/C13H21N5O/c1-13(2,3)9(14-4)8-10-16-11(17-19-10)12-15-6-7-18(12)5/h6-7,9,14H,8H2,1-5H3. The number of nitrogens with zero attached hydrogens (tertiary/aromatic N) is 4. The quantitative estimate of drug-likeness (QED) is 0.908. The van der Waals surface area contributed by atoms with Crippen LogP contribution in [-0.2, 0) is 13.5 Å². The summed E-state index contributed by atoms with van der Waals surface area (Å²) in [4.78, 5) is 8.62. The van der Waals surface area contributed by atoms with E-state index in [9.17, 15) is 0 Å². The van der Waals surface area contributed by atoms with Crippen molar-refractivity contribution in [1.29, 1.82) is 0 Å². The van der Waals surface area contributed by atoms with E-state index in [0.29, 0.717) is 24.0 Å². The van der Waals surface area contributed by atoms with Crippen LogP contribution in [0.15, 0.2) is 16.9 Å². The average Bonchev–Trinajstić information content (AvgIpc) is 2.92. The first-order valence-corrected chi connectivity index (χ1v) is 6.39. The highest BCUT2D eigenvalue weighted by Crippen LogP contribution is 2.22. The summed E-state index contributed by atoms with van der Waals surface area (Å²) in [6.45, 7) is 6.55. The zero-order valence-electron chi connectivity index (χ0n) is 12.1. The van der Waals surface area contributed by atoms with Crippen LogP contribution in [0.3, 0.4) is 0 Å². The van der Waals surface area contributed by atoms with E-state index >= 15 is 0 Å². The topological polar surface area (TPSA) is 68.8 Å². The van der Waals surface area contributed by atoms with Crippen LogP contribution in [-0.4, -0.2) is 32.8 Å². The smallest absolute Gasteiger partial charge is 0.238 e. The highest BCUT2D eigenvalue weighted by molar-refractivity contribution is 5.42. The van der Waals surface area contributed by atoms with Gasteiger partial charge in [0.05, 0.1) is 0 Å². The van der Waals surface area contributed by atoms with Crippen molar-refractivity contribution < 1.29 is 4.52 Å². The molecule has 0 amide bonds. The minimum absolute atomic E-state index is 0.132. The Labute approximate surface area is 113 Å². The molecule has 2 aromatic rings. The second-order valence-corrected chi connectivity index (χ2v) is 5.78. The Hall–Kier alpha value is -1.69. The Balaban J connectivity index is 2.16. The first-order valence-electron chi connectivity index (χ1n) is 6.39. The number of likely N-dealkylation sites (N-methyl/N-ethyl adjacent to an activating group) is 1. The van der Waals surface area contributed by atoms with E-state index in [-0.39, 0.29) is 11.5 Å². The van der Waals surface area contributed by atoms with Crippen LogP contribution in [0, 0.1) is 5.41 Å². The van der Waals surface area contributed by atoms with Gasteiger partial charge in [-0.25, -0.2) is 4.98 Å². The number of aryl methyl sites for hydroxylation is 1. The predicted molar refractivity (Wildman–Crippen MR) is 72.5 cm³/mol. The van der Waals surface area contributed by atoms with Gasteiger partial charge < -0.3 is 14.4 Å². The van der Waals surface area contributed by atoms with Gasteiger partial charge in [0.15, 0.2) is 5.82 Å². The molecule has 6 heteroatoms. The Morgan fingerprint density at radius 1 is 1.42 bits per heavy atom. The highest BCUT2D eigenvalue weighted by Gasteiger charge is 2.25. The SMILES string of the molecule is CNC(Cc1nc(-c2nccn2C)no1)C(C)(C)C. The molecule has 104 valence electrons. The fraction of sp³-hybridized carbons (Fsp3) is 0.615. The van der Waals surface area contributed by atoms with Crippen molar-refractivity contribution >= 4 is 0 Å². The summed E-state index contributed by atoms with van der Waals surface area (Å²) in [5.74, 6) is 1.88. The van der Waals surface area contributed by atoms with Gasteiger partial charge >= 0.3 is 0 Å². The molecule has 0 saturated carbocycles. The number of aromatic nitrogens is 4. The second-order valence-electron chi connectivity index (χ2n) is 5.78. The molecule has 0 bridgehead atoms. The molecule has 0 fully saturated rings. The minimum Gasteiger partial charge on any atom is -0.339 e. The van der Waals surface area contributed by atoms with E-state index in [0.717, 1.165) is 0 Å². The monoisotopic (exact) mass is 263 g/mol. The molecule has 0 aliphatic rings. The lowest BCUT2D eigenvalue weighted by Crippen LogP contribution is -2.39. The number of hydrogen-bond acceptors (Lipinski definition) is 5. The van der Waals surface area contributed by atoms with Gasteiger partial charge in [0.1, 0.15) is 0 Å². The van der Waals surface area contributed by atoms with Crippen molar-refractivity contribution in [3.8, 4) is 11.6 Å². The van der Waals surface area contributed by atoms with Crippen molar-refractivity contribution in [2.75, 3.05) is 7.05 Å². The van der Waals surface area contributed by atoms with Gasteiger partial charge in [0.25, 0.3) is 0 Å². The molecule has 0 saturated heterocycles. The zero-order valence-corrected chi connectivity index (χ0v) is 12.1. The molecule has 1 atom stereocenters. The third-order valence-corrected chi connectivity index (χ3v) is 3.26. The molecular weight excluding hydrogens is 242 g/mol. The average molecular weight is 263 g/mol. The van der Waals surface area contributed by atoms with Gasteiger partial charge in [-0.05, 0) is 12.5 Å². The fourth-order valence-corrected chi connectivity index (χ4v) is 2.03. The van der Waals surface area contributed by atoms with Crippen LogP contribution in [0.25, 0.3) is 11.6 Å². The van der Waals surface area contributed by atoms with Crippen LogP contribution in [0.2, 0.25) is 0 Å². The van der Waals surface area contributed by atoms with E-state index in [1.165, 1.54) is 0 Å². The molecule has 0 aliphatic heterocycles. The van der Waals surface area contributed by atoms with E-state index in [1.807, 2.05) is 24.9 Å². The lowest BCUT2D eigenvalue weighted by atomic mass is 9.85. The molecule has 1 unspecified atom stereocenters. The van der Waals surface area contributed by atoms with Gasteiger partial charge in [0, 0.05) is 31.9 Å². The first kappa shape index (κ1) is 13.7. The maximum atomic E-state index is 5.32. The maximum absolute atomic E-state index is 5.32. The molecule has 0 radical (unpaired) electrons. The highest BCUT2D eigenvalue weighted by atomic mass is 16.5. The normalized spacial score (nSPS) is 13.7. The van der Waals surface area contributed by atoms with Gasteiger partial charge in [0.2, 0.25) is 11.7 Å². The van der Waals surface area contributed by atoms with E-state index in [2.05, 4.69) is 41.2 Å². The molecule has 2 rings (SSSR count). The largest absolute Gasteiger partial charge is 0.339 e. The number of hydrogen-bond donors (Lipinski definition) is 1. The van der Waals surface area contributed by atoms with Crippen LogP contribution in [0.4, 0.5) is 0 Å². The van der Waals surface area contributed by atoms with Crippen molar-refractivity contribution in [3.63, 3.8) is 0 Å². The minimum atomic E-state index is 0.132. The van der Waals surface area contributed by atoms with Crippen LogP contribution < -0.4 is 5.32 Å². The molecular formula is C13H21N5O. The lowest BCUT2D eigenvalue weighted by molar-refractivity contribution is 0.255. The molecule has 0 aliphatic carbocycles. The number of imidazole rings is 1. The molecule has 2 aromatic heterocycles. The summed E-state index contributed by atoms with van der Waals surface area (Å²) in [5, 5.41) is 7.29. The molecule has 2 heterocycles. The number of rotatable bonds is 4. The van der Waals surface area contributed by atoms with Gasteiger partial charge in [-0.1, -0.05) is 25.9 Å². The second kappa shape index (κ2) is 5.13. The molecule has 6 nitrogen and oxygen atoms in total. The summed E-state index contributed by atoms with van der Waals surface area (Å²) in [7, 11) is 3.86. The molecule has 19 heavy (non-hydrogen) atoms. The zero-order chi connectivity index (χ0) is 14.0. The van der Waals surface area contributed by atoms with Crippen molar-refractivity contribution in [1.82, 2.24) is 25.0 Å². The Kier molecular flexibility index (Phi) is 3.71. The summed E-state index contributed by atoms with van der Waals surface area (Å²) >= 11 is 0.